The molecule has 27 heavy (non-hydrogen) atoms. The van der Waals surface area contributed by atoms with E-state index >= 15 is 0 Å². The van der Waals surface area contributed by atoms with E-state index in [1.807, 2.05) is 0 Å². The molecule has 0 atom stereocenters. The Kier molecular flexibility index (Phi) is 5.90. The van der Waals surface area contributed by atoms with Gasteiger partial charge in [-0.05, 0) is 19.2 Å². The van der Waals surface area contributed by atoms with Crippen molar-refractivity contribution in [3.8, 4) is 5.75 Å². The molecule has 142 valence electrons. The van der Waals surface area contributed by atoms with Crippen molar-refractivity contribution in [3.63, 3.8) is 0 Å². The summed E-state index contributed by atoms with van der Waals surface area (Å²) in [5.74, 6) is 0.333. The van der Waals surface area contributed by atoms with E-state index in [0.717, 1.165) is 0 Å². The number of carbonyl (C=O) groups is 1. The molecule has 0 unspecified atom stereocenters. The Balaban J connectivity index is 1.71. The van der Waals surface area contributed by atoms with E-state index < -0.39 is 4.92 Å². The molecule has 0 aromatic heterocycles. The highest BCUT2D eigenvalue weighted by molar-refractivity contribution is 6.33. The summed E-state index contributed by atoms with van der Waals surface area (Å²) in [4.78, 5) is 24.7. The molecular weight excluding hydrogens is 374 g/mol. The van der Waals surface area contributed by atoms with Crippen LogP contribution in [0.25, 0.3) is 0 Å². The van der Waals surface area contributed by atoms with Gasteiger partial charge in [0, 0.05) is 29.8 Å². The van der Waals surface area contributed by atoms with Crippen molar-refractivity contribution >= 4 is 28.9 Å². The van der Waals surface area contributed by atoms with Crippen molar-refractivity contribution in [2.24, 2.45) is 0 Å². The summed E-state index contributed by atoms with van der Waals surface area (Å²) in [5.41, 5.74) is 1.76. The molecule has 9 heteroatoms. The number of nitrogens with zero attached hydrogens (tertiary/aromatic N) is 2. The summed E-state index contributed by atoms with van der Waals surface area (Å²) in [6.07, 6.45) is 0. The Morgan fingerprint density at radius 2 is 2.15 bits per heavy atom. The predicted molar refractivity (Wildman–Crippen MR) is 99.8 cm³/mol. The number of fused-ring (bicyclic) bond motifs is 1. The van der Waals surface area contributed by atoms with Gasteiger partial charge in [-0.2, -0.15) is 0 Å². The van der Waals surface area contributed by atoms with E-state index in [4.69, 9.17) is 21.1 Å². The van der Waals surface area contributed by atoms with E-state index in [-0.39, 0.29) is 31.5 Å². The highest BCUT2D eigenvalue weighted by Gasteiger charge is 2.22. The molecule has 0 bridgehead atoms. The summed E-state index contributed by atoms with van der Waals surface area (Å²) in [6.45, 7) is 0.731. The van der Waals surface area contributed by atoms with E-state index in [2.05, 4.69) is 5.32 Å². The van der Waals surface area contributed by atoms with Crippen LogP contribution in [0, 0.1) is 10.1 Å². The van der Waals surface area contributed by atoms with E-state index in [1.54, 1.807) is 36.2 Å². The van der Waals surface area contributed by atoms with E-state index in [1.165, 1.54) is 12.1 Å². The fraction of sp³-hybridized carbons (Fsp3) is 0.278. The first-order valence-corrected chi connectivity index (χ1v) is 8.55. The molecular formula is C18H18ClN3O5. The van der Waals surface area contributed by atoms with Crippen LogP contribution in [0.15, 0.2) is 36.4 Å². The summed E-state index contributed by atoms with van der Waals surface area (Å²) < 4.78 is 10.7. The lowest BCUT2D eigenvalue weighted by atomic mass is 10.1. The van der Waals surface area contributed by atoms with Crippen LogP contribution in [0.4, 0.5) is 11.4 Å². The Morgan fingerprint density at radius 1 is 1.37 bits per heavy atom. The number of halogens is 1. The maximum Gasteiger partial charge on any atom is 0.270 e. The second-order valence-electron chi connectivity index (χ2n) is 6.16. The number of amides is 1. The first kappa shape index (κ1) is 19.1. The van der Waals surface area contributed by atoms with Crippen LogP contribution >= 0.6 is 11.6 Å². The normalized spacial score (nSPS) is 13.0. The summed E-state index contributed by atoms with van der Waals surface area (Å²) in [7, 11) is 1.75. The molecule has 1 aliphatic heterocycles. The van der Waals surface area contributed by atoms with Gasteiger partial charge >= 0.3 is 0 Å². The number of anilines is 1. The lowest BCUT2D eigenvalue weighted by Gasteiger charge is -2.23. The fourth-order valence-electron chi connectivity index (χ4n) is 2.85. The molecule has 1 aliphatic rings. The summed E-state index contributed by atoms with van der Waals surface area (Å²) >= 11 is 6.04. The van der Waals surface area contributed by atoms with Crippen molar-refractivity contribution in [1.82, 2.24) is 4.90 Å². The molecule has 1 N–H and O–H groups in total. The number of para-hydroxylation sites is 1. The number of nitro groups is 1. The number of nitrogens with one attached hydrogen (secondary N) is 1. The number of likely N-dealkylation sites (N-methyl/N-ethyl adjacent to an activating group) is 1. The molecule has 0 radical (unpaired) electrons. The van der Waals surface area contributed by atoms with Crippen LogP contribution in [0.2, 0.25) is 5.02 Å². The van der Waals surface area contributed by atoms with Gasteiger partial charge in [-0.3, -0.25) is 19.8 Å². The van der Waals surface area contributed by atoms with Gasteiger partial charge in [0.2, 0.25) is 5.91 Å². The number of ether oxygens (including phenoxy) is 2. The topological polar surface area (TPSA) is 93.9 Å². The van der Waals surface area contributed by atoms with Gasteiger partial charge in [-0.25, -0.2) is 0 Å². The lowest BCUT2D eigenvalue weighted by Crippen LogP contribution is -2.30. The molecule has 0 fully saturated rings. The maximum absolute atomic E-state index is 12.3. The Bertz CT molecular complexity index is 874. The molecule has 3 rings (SSSR count). The van der Waals surface area contributed by atoms with Crippen molar-refractivity contribution < 1.29 is 19.2 Å². The van der Waals surface area contributed by atoms with Crippen molar-refractivity contribution in [2.75, 3.05) is 25.7 Å². The van der Waals surface area contributed by atoms with Gasteiger partial charge in [0.15, 0.2) is 6.79 Å². The number of carbonyl (C=O) groups excluding carboxylic acids is 1. The molecule has 1 amide bonds. The zero-order valence-electron chi connectivity index (χ0n) is 14.6. The number of hydrogen-bond donors (Lipinski definition) is 1. The average molecular weight is 392 g/mol. The third-order valence-corrected chi connectivity index (χ3v) is 4.31. The van der Waals surface area contributed by atoms with Gasteiger partial charge in [-0.1, -0.05) is 23.7 Å². The minimum Gasteiger partial charge on any atom is -0.467 e. The lowest BCUT2D eigenvalue weighted by molar-refractivity contribution is -0.385. The van der Waals surface area contributed by atoms with Crippen LogP contribution < -0.4 is 10.1 Å². The van der Waals surface area contributed by atoms with Gasteiger partial charge in [-0.15, -0.1) is 0 Å². The van der Waals surface area contributed by atoms with E-state index in [0.29, 0.717) is 34.1 Å². The monoisotopic (exact) mass is 391 g/mol. The number of benzene rings is 2. The zero-order chi connectivity index (χ0) is 19.4. The van der Waals surface area contributed by atoms with Crippen LogP contribution in [0.5, 0.6) is 5.75 Å². The molecule has 2 aromatic rings. The molecule has 0 saturated heterocycles. The fourth-order valence-corrected chi connectivity index (χ4v) is 3.03. The van der Waals surface area contributed by atoms with Gasteiger partial charge in [0.1, 0.15) is 5.75 Å². The van der Waals surface area contributed by atoms with Gasteiger partial charge in [0.25, 0.3) is 5.69 Å². The number of hydrogen-bond acceptors (Lipinski definition) is 6. The van der Waals surface area contributed by atoms with Crippen molar-refractivity contribution in [3.05, 3.63) is 62.7 Å². The third-order valence-electron chi connectivity index (χ3n) is 3.98. The Hall–Kier alpha value is -2.68. The Labute approximate surface area is 160 Å². The quantitative estimate of drug-likeness (QED) is 0.600. The second-order valence-corrected chi connectivity index (χ2v) is 6.57. The van der Waals surface area contributed by atoms with Crippen molar-refractivity contribution in [1.29, 1.82) is 0 Å². The van der Waals surface area contributed by atoms with Crippen LogP contribution in [0.3, 0.4) is 0 Å². The minimum absolute atomic E-state index is 0.0354. The SMILES string of the molecule is CN(CC(=O)Nc1ccccc1Cl)Cc1cc([N+](=O)[O-])cc2c1OCOC2. The van der Waals surface area contributed by atoms with E-state index in [9.17, 15) is 14.9 Å². The smallest absolute Gasteiger partial charge is 0.270 e. The standard InChI is InChI=1S/C18H18ClN3O5/c1-21(9-17(23)20-16-5-3-2-4-15(16)19)8-12-6-14(22(24)25)7-13-10-26-11-27-18(12)13/h2-7H,8-11H2,1H3,(H,20,23). The average Bonchev–Trinajstić information content (AvgIpc) is 2.63. The number of nitro benzene ring substituents is 1. The molecule has 2 aromatic carbocycles. The summed E-state index contributed by atoms with van der Waals surface area (Å²) in [6, 6.07) is 9.87. The maximum atomic E-state index is 12.3. The second kappa shape index (κ2) is 8.34. The Morgan fingerprint density at radius 3 is 2.89 bits per heavy atom. The molecule has 0 spiro atoms. The molecule has 8 nitrogen and oxygen atoms in total. The van der Waals surface area contributed by atoms with Crippen LogP contribution in [-0.2, 0) is 22.7 Å². The summed E-state index contributed by atoms with van der Waals surface area (Å²) in [5, 5.41) is 14.4. The molecule has 1 heterocycles. The van der Waals surface area contributed by atoms with Gasteiger partial charge in [0.05, 0.1) is 28.8 Å². The molecule has 0 aliphatic carbocycles. The number of rotatable bonds is 6. The largest absolute Gasteiger partial charge is 0.467 e. The number of non-ortho nitro benzene ring substituents is 1. The predicted octanol–water partition coefficient (Wildman–Crippen LogP) is 3.19. The first-order chi connectivity index (χ1) is 12.9. The first-order valence-electron chi connectivity index (χ1n) is 8.17. The van der Waals surface area contributed by atoms with Crippen molar-refractivity contribution in [2.45, 2.75) is 13.2 Å². The zero-order valence-corrected chi connectivity index (χ0v) is 15.4. The van der Waals surface area contributed by atoms with Crippen LogP contribution in [0.1, 0.15) is 11.1 Å². The van der Waals surface area contributed by atoms with Crippen LogP contribution in [-0.4, -0.2) is 36.1 Å². The van der Waals surface area contributed by atoms with Gasteiger partial charge < -0.3 is 14.8 Å². The highest BCUT2D eigenvalue weighted by Crippen LogP contribution is 2.33. The minimum atomic E-state index is -0.456. The third kappa shape index (κ3) is 4.73. The molecule has 0 saturated carbocycles. The highest BCUT2D eigenvalue weighted by atomic mass is 35.5.